The molecule has 0 aromatic heterocycles. The largest absolute Gasteiger partial charge is 0.497 e. The second kappa shape index (κ2) is 10.3. The van der Waals surface area contributed by atoms with Gasteiger partial charge in [0.25, 0.3) is 0 Å². The van der Waals surface area contributed by atoms with Crippen LogP contribution in [0.1, 0.15) is 42.0 Å². The second-order valence-electron chi connectivity index (χ2n) is 10.9. The number of piperidine rings is 1. The fraction of sp³-hybridized carbons (Fsp3) is 0.375. The maximum absolute atomic E-state index is 14.1. The standard InChI is InChI=1S/C32H37N3O3/c1-31-17-19-35(28(29(31)33-37)21-23-15-16-26(38-4)22-27(23)31)20-18-32(30(36)34(2)3,24-11-7-5-8-12-24)25-13-9-6-10-14-25/h5-16,22,28,37H,17-21H2,1-4H3/b33-29+. The smallest absolute Gasteiger partial charge is 0.237 e. The van der Waals surface area contributed by atoms with Crippen molar-refractivity contribution in [2.45, 2.75) is 43.1 Å². The first-order chi connectivity index (χ1) is 18.3. The molecule has 38 heavy (non-hydrogen) atoms. The highest BCUT2D eigenvalue weighted by Gasteiger charge is 2.50. The van der Waals surface area contributed by atoms with Crippen LogP contribution in [-0.2, 0) is 22.0 Å². The van der Waals surface area contributed by atoms with Crippen LogP contribution in [-0.4, -0.2) is 67.0 Å². The zero-order valence-corrected chi connectivity index (χ0v) is 22.7. The third kappa shape index (κ3) is 4.17. The van der Waals surface area contributed by atoms with Gasteiger partial charge < -0.3 is 14.8 Å². The molecular formula is C32H37N3O3. The van der Waals surface area contributed by atoms with E-state index < -0.39 is 5.41 Å². The molecule has 1 N–H and O–H groups in total. The van der Waals surface area contributed by atoms with E-state index in [1.807, 2.05) is 56.6 Å². The summed E-state index contributed by atoms with van der Waals surface area (Å²) in [5.74, 6) is 0.884. The Bertz CT molecular complexity index is 1280. The highest BCUT2D eigenvalue weighted by Crippen LogP contribution is 2.45. The molecule has 1 aliphatic heterocycles. The van der Waals surface area contributed by atoms with E-state index in [2.05, 4.69) is 53.4 Å². The van der Waals surface area contributed by atoms with Gasteiger partial charge in [-0.2, -0.15) is 0 Å². The minimum atomic E-state index is -0.830. The molecule has 0 saturated carbocycles. The summed E-state index contributed by atoms with van der Waals surface area (Å²) in [7, 11) is 5.34. The van der Waals surface area contributed by atoms with E-state index in [0.717, 1.165) is 42.0 Å². The van der Waals surface area contributed by atoms with Crippen molar-refractivity contribution in [1.29, 1.82) is 0 Å². The SMILES string of the molecule is COc1ccc2c(c1)C1(C)CCN(CCC(C(=O)N(C)C)(c3ccccc3)c3ccccc3)C(C2)/C1=N\O. The molecule has 6 heteroatoms. The molecule has 0 spiro atoms. The molecule has 1 amide bonds. The van der Waals surface area contributed by atoms with Crippen molar-refractivity contribution in [3.05, 3.63) is 101 Å². The summed E-state index contributed by atoms with van der Waals surface area (Å²) in [6.45, 7) is 3.72. The third-order valence-electron chi connectivity index (χ3n) is 8.73. The van der Waals surface area contributed by atoms with Crippen molar-refractivity contribution in [3.8, 4) is 5.75 Å². The quantitative estimate of drug-likeness (QED) is 0.363. The maximum atomic E-state index is 14.1. The number of benzene rings is 3. The van der Waals surface area contributed by atoms with E-state index in [0.29, 0.717) is 13.0 Å². The van der Waals surface area contributed by atoms with Gasteiger partial charge in [-0.25, -0.2) is 0 Å². The molecule has 2 unspecified atom stereocenters. The first-order valence-electron chi connectivity index (χ1n) is 13.3. The van der Waals surface area contributed by atoms with Crippen molar-refractivity contribution in [3.63, 3.8) is 0 Å². The summed E-state index contributed by atoms with van der Waals surface area (Å²) in [5, 5.41) is 14.1. The van der Waals surface area contributed by atoms with Gasteiger partial charge in [-0.3, -0.25) is 9.69 Å². The molecule has 1 fully saturated rings. The first-order valence-corrected chi connectivity index (χ1v) is 13.3. The molecule has 1 saturated heterocycles. The van der Waals surface area contributed by atoms with Crippen LogP contribution in [0.3, 0.4) is 0 Å². The number of ether oxygens (including phenoxy) is 1. The number of amides is 1. The Morgan fingerprint density at radius 3 is 2.26 bits per heavy atom. The number of methoxy groups -OCH3 is 1. The summed E-state index contributed by atoms with van der Waals surface area (Å²) in [4.78, 5) is 18.2. The number of oxime groups is 1. The van der Waals surface area contributed by atoms with Gasteiger partial charge in [-0.05, 0) is 60.6 Å². The minimum Gasteiger partial charge on any atom is -0.497 e. The van der Waals surface area contributed by atoms with E-state index in [9.17, 15) is 10.0 Å². The van der Waals surface area contributed by atoms with Gasteiger partial charge >= 0.3 is 0 Å². The molecule has 2 bridgehead atoms. The fourth-order valence-corrected chi connectivity index (χ4v) is 6.66. The molecule has 2 aliphatic rings. The number of hydrogen-bond acceptors (Lipinski definition) is 5. The van der Waals surface area contributed by atoms with Crippen LogP contribution < -0.4 is 4.74 Å². The second-order valence-corrected chi connectivity index (χ2v) is 10.9. The normalized spacial score (nSPS) is 22.1. The molecule has 0 radical (unpaired) electrons. The van der Waals surface area contributed by atoms with Crippen LogP contribution in [0.5, 0.6) is 5.75 Å². The van der Waals surface area contributed by atoms with Gasteiger partial charge in [0.2, 0.25) is 5.91 Å². The van der Waals surface area contributed by atoms with Crippen molar-refractivity contribution in [1.82, 2.24) is 9.80 Å². The van der Waals surface area contributed by atoms with E-state index >= 15 is 0 Å². The summed E-state index contributed by atoms with van der Waals surface area (Å²) >= 11 is 0. The molecule has 1 aliphatic carbocycles. The number of carbonyl (C=O) groups excluding carboxylic acids is 1. The Balaban J connectivity index is 1.53. The van der Waals surface area contributed by atoms with Crippen LogP contribution in [0.15, 0.2) is 84.0 Å². The lowest BCUT2D eigenvalue weighted by molar-refractivity contribution is -0.133. The van der Waals surface area contributed by atoms with Crippen LogP contribution in [0.25, 0.3) is 0 Å². The Hall–Kier alpha value is -3.64. The predicted octanol–water partition coefficient (Wildman–Crippen LogP) is 4.88. The molecule has 2 atom stereocenters. The Morgan fingerprint density at radius 2 is 1.71 bits per heavy atom. The lowest BCUT2D eigenvalue weighted by atomic mass is 9.63. The molecule has 1 heterocycles. The summed E-state index contributed by atoms with van der Waals surface area (Å²) in [6, 6.07) is 26.5. The summed E-state index contributed by atoms with van der Waals surface area (Å²) in [6.07, 6.45) is 2.20. The van der Waals surface area contributed by atoms with E-state index in [1.54, 1.807) is 12.0 Å². The highest BCUT2D eigenvalue weighted by atomic mass is 16.5. The number of carbonyl (C=O) groups is 1. The first kappa shape index (κ1) is 26.0. The van der Waals surface area contributed by atoms with Gasteiger partial charge in [0.05, 0.1) is 18.9 Å². The Labute approximate surface area is 225 Å². The van der Waals surface area contributed by atoms with Crippen LogP contribution in [0.2, 0.25) is 0 Å². The monoisotopic (exact) mass is 511 g/mol. The average Bonchev–Trinajstić information content (AvgIpc) is 2.95. The molecule has 5 rings (SSSR count). The van der Waals surface area contributed by atoms with Crippen LogP contribution in [0, 0.1) is 0 Å². The molecular weight excluding hydrogens is 474 g/mol. The van der Waals surface area contributed by atoms with Crippen molar-refractivity contribution >= 4 is 11.6 Å². The van der Waals surface area contributed by atoms with Gasteiger partial charge in [-0.15, -0.1) is 0 Å². The Kier molecular flexibility index (Phi) is 7.01. The molecule has 3 aromatic carbocycles. The number of fused-ring (bicyclic) bond motifs is 4. The zero-order valence-electron chi connectivity index (χ0n) is 22.7. The Morgan fingerprint density at radius 1 is 1.08 bits per heavy atom. The average molecular weight is 512 g/mol. The summed E-state index contributed by atoms with van der Waals surface area (Å²) < 4.78 is 5.51. The van der Waals surface area contributed by atoms with Gasteiger partial charge in [0.1, 0.15) is 11.2 Å². The van der Waals surface area contributed by atoms with E-state index in [1.165, 1.54) is 11.1 Å². The topological polar surface area (TPSA) is 65.4 Å². The zero-order chi connectivity index (χ0) is 26.9. The molecule has 3 aromatic rings. The van der Waals surface area contributed by atoms with E-state index in [4.69, 9.17) is 4.74 Å². The van der Waals surface area contributed by atoms with Crippen LogP contribution >= 0.6 is 0 Å². The highest BCUT2D eigenvalue weighted by molar-refractivity contribution is 6.01. The van der Waals surface area contributed by atoms with Gasteiger partial charge in [0, 0.05) is 32.6 Å². The van der Waals surface area contributed by atoms with E-state index in [-0.39, 0.29) is 17.4 Å². The maximum Gasteiger partial charge on any atom is 0.237 e. The number of hydrogen-bond donors (Lipinski definition) is 1. The minimum absolute atomic E-state index is 0.0293. The van der Waals surface area contributed by atoms with Gasteiger partial charge in [-0.1, -0.05) is 71.9 Å². The molecule has 198 valence electrons. The van der Waals surface area contributed by atoms with Crippen molar-refractivity contribution in [2.24, 2.45) is 5.16 Å². The lowest BCUT2D eigenvalue weighted by Crippen LogP contribution is -2.60. The fourth-order valence-electron chi connectivity index (χ4n) is 6.66. The van der Waals surface area contributed by atoms with Crippen molar-refractivity contribution < 1.29 is 14.7 Å². The van der Waals surface area contributed by atoms with Crippen LogP contribution in [0.4, 0.5) is 0 Å². The predicted molar refractivity (Wildman–Crippen MR) is 150 cm³/mol. The van der Waals surface area contributed by atoms with Gasteiger partial charge in [0.15, 0.2) is 0 Å². The third-order valence-corrected chi connectivity index (χ3v) is 8.73. The summed E-state index contributed by atoms with van der Waals surface area (Å²) in [5.41, 5.74) is 4.04. The van der Waals surface area contributed by atoms with Crippen molar-refractivity contribution in [2.75, 3.05) is 34.3 Å². The lowest BCUT2D eigenvalue weighted by Gasteiger charge is -2.50. The number of likely N-dealkylation sites (tertiary alicyclic amines) is 1. The number of likely N-dealkylation sites (N-methyl/N-ethyl adjacent to an activating group) is 1. The number of rotatable bonds is 7. The molecule has 6 nitrogen and oxygen atoms in total. The number of nitrogens with zero attached hydrogens (tertiary/aromatic N) is 3.